The molecule has 27 heavy (non-hydrogen) atoms. The Morgan fingerprint density at radius 1 is 1.07 bits per heavy atom. The molecule has 1 amide bonds. The molecule has 3 rings (SSSR count). The Kier molecular flexibility index (Phi) is 5.82. The molecule has 1 aromatic carbocycles. The van der Waals surface area contributed by atoms with Crippen LogP contribution < -0.4 is 4.74 Å². The van der Waals surface area contributed by atoms with Crippen molar-refractivity contribution in [3.63, 3.8) is 0 Å². The molecule has 0 unspecified atom stereocenters. The molecular weight excluding hydrogens is 364 g/mol. The molecule has 2 aliphatic rings. The zero-order valence-corrected chi connectivity index (χ0v) is 17.5. The second kappa shape index (κ2) is 7.80. The number of nitrogens with zero attached hydrogens (tertiary/aromatic N) is 2. The number of methoxy groups -OCH3 is 1. The Morgan fingerprint density at radius 2 is 1.70 bits per heavy atom. The summed E-state index contributed by atoms with van der Waals surface area (Å²) in [5.74, 6) is 0.908. The van der Waals surface area contributed by atoms with Gasteiger partial charge in [0.1, 0.15) is 16.7 Å². The first-order chi connectivity index (χ1) is 12.8. The number of benzene rings is 1. The predicted octanol–water partition coefficient (Wildman–Crippen LogP) is 2.72. The van der Waals surface area contributed by atoms with Crippen LogP contribution in [0.25, 0.3) is 0 Å². The maximum Gasteiger partial charge on any atom is 0.247 e. The summed E-state index contributed by atoms with van der Waals surface area (Å²) in [4.78, 5) is 15.1. The molecule has 2 aliphatic heterocycles. The minimum Gasteiger partial charge on any atom is -0.495 e. The van der Waals surface area contributed by atoms with Crippen LogP contribution in [0.1, 0.15) is 43.7 Å². The highest BCUT2D eigenvalue weighted by Crippen LogP contribution is 2.34. The lowest BCUT2D eigenvalue weighted by atomic mass is 9.98. The minimum atomic E-state index is -3.80. The molecule has 1 aromatic rings. The third kappa shape index (κ3) is 3.85. The van der Waals surface area contributed by atoms with Crippen LogP contribution in [0.4, 0.5) is 0 Å². The number of sulfonamides is 1. The van der Waals surface area contributed by atoms with Crippen LogP contribution in [-0.2, 0) is 14.8 Å². The largest absolute Gasteiger partial charge is 0.495 e. The molecule has 150 valence electrons. The summed E-state index contributed by atoms with van der Waals surface area (Å²) in [7, 11) is -2.33. The normalized spacial score (nSPS) is 22.2. The monoisotopic (exact) mass is 394 g/mol. The Bertz CT molecular complexity index is 814. The number of piperidine rings is 1. The van der Waals surface area contributed by atoms with Crippen molar-refractivity contribution in [1.82, 2.24) is 9.21 Å². The van der Waals surface area contributed by atoms with Crippen LogP contribution in [0, 0.1) is 19.8 Å². The van der Waals surface area contributed by atoms with E-state index in [1.54, 1.807) is 12.1 Å². The Hall–Kier alpha value is -1.60. The van der Waals surface area contributed by atoms with E-state index in [1.807, 2.05) is 18.7 Å². The molecular formula is C20H30N2O4S. The van der Waals surface area contributed by atoms with Gasteiger partial charge in [-0.3, -0.25) is 4.79 Å². The van der Waals surface area contributed by atoms with Gasteiger partial charge in [-0.25, -0.2) is 8.42 Å². The Morgan fingerprint density at radius 3 is 2.33 bits per heavy atom. The van der Waals surface area contributed by atoms with Crippen LogP contribution in [-0.4, -0.2) is 56.3 Å². The van der Waals surface area contributed by atoms with Crippen LogP contribution >= 0.6 is 0 Å². The van der Waals surface area contributed by atoms with Gasteiger partial charge in [0.25, 0.3) is 0 Å². The second-order valence-electron chi connectivity index (χ2n) is 7.87. The number of hydrogen-bond acceptors (Lipinski definition) is 4. The highest BCUT2D eigenvalue weighted by molar-refractivity contribution is 7.89. The molecule has 0 aromatic heterocycles. The van der Waals surface area contributed by atoms with Crippen LogP contribution in [0.5, 0.6) is 5.75 Å². The number of carbonyl (C=O) groups excluding carboxylic acids is 1. The lowest BCUT2D eigenvalue weighted by molar-refractivity contribution is -0.135. The maximum absolute atomic E-state index is 13.4. The van der Waals surface area contributed by atoms with Crippen molar-refractivity contribution in [2.45, 2.75) is 57.4 Å². The van der Waals surface area contributed by atoms with Crippen molar-refractivity contribution >= 4 is 15.9 Å². The number of hydrogen-bond donors (Lipinski definition) is 0. The van der Waals surface area contributed by atoms with Gasteiger partial charge >= 0.3 is 0 Å². The van der Waals surface area contributed by atoms with Gasteiger partial charge in [-0.1, -0.05) is 6.92 Å². The number of amides is 1. The van der Waals surface area contributed by atoms with Gasteiger partial charge in [-0.15, -0.1) is 0 Å². The fourth-order valence-electron chi connectivity index (χ4n) is 3.97. The number of ether oxygens (including phenoxy) is 1. The van der Waals surface area contributed by atoms with Gasteiger partial charge in [0.2, 0.25) is 15.9 Å². The molecule has 0 saturated carbocycles. The van der Waals surface area contributed by atoms with Gasteiger partial charge in [0, 0.05) is 19.6 Å². The molecule has 2 heterocycles. The van der Waals surface area contributed by atoms with Crippen LogP contribution in [0.3, 0.4) is 0 Å². The molecule has 2 saturated heterocycles. The number of aryl methyl sites for hydroxylation is 2. The maximum atomic E-state index is 13.4. The summed E-state index contributed by atoms with van der Waals surface area (Å²) in [5.41, 5.74) is 1.86. The highest BCUT2D eigenvalue weighted by Gasteiger charge is 2.42. The fourth-order valence-corrected chi connectivity index (χ4v) is 5.84. The van der Waals surface area contributed by atoms with E-state index in [4.69, 9.17) is 4.74 Å². The van der Waals surface area contributed by atoms with Crippen molar-refractivity contribution in [3.05, 3.63) is 23.3 Å². The van der Waals surface area contributed by atoms with E-state index in [1.165, 1.54) is 11.4 Å². The average Bonchev–Trinajstić information content (AvgIpc) is 3.14. The lowest BCUT2D eigenvalue weighted by Gasteiger charge is -2.34. The number of carbonyl (C=O) groups is 1. The standard InChI is InChI=1S/C20H30N2O4S/c1-14-7-10-21(11-8-14)20(23)17-6-5-9-22(17)27(24,25)19-13-16(3)15(2)12-18(19)26-4/h12-14,17H,5-11H2,1-4H3/t17-/m0/s1. The number of likely N-dealkylation sites (tertiary alicyclic amines) is 1. The summed E-state index contributed by atoms with van der Waals surface area (Å²) >= 11 is 0. The van der Waals surface area contributed by atoms with Crippen molar-refractivity contribution in [2.75, 3.05) is 26.7 Å². The van der Waals surface area contributed by atoms with Gasteiger partial charge < -0.3 is 9.64 Å². The third-order valence-corrected chi connectivity index (χ3v) is 7.88. The molecule has 0 aliphatic carbocycles. The van der Waals surface area contributed by atoms with Gasteiger partial charge in [0.05, 0.1) is 7.11 Å². The van der Waals surface area contributed by atoms with E-state index in [9.17, 15) is 13.2 Å². The zero-order chi connectivity index (χ0) is 19.8. The van der Waals surface area contributed by atoms with Gasteiger partial charge in [-0.05, 0) is 68.7 Å². The van der Waals surface area contributed by atoms with E-state index in [-0.39, 0.29) is 10.8 Å². The van der Waals surface area contributed by atoms with E-state index >= 15 is 0 Å². The van der Waals surface area contributed by atoms with Crippen molar-refractivity contribution in [1.29, 1.82) is 0 Å². The molecule has 7 heteroatoms. The van der Waals surface area contributed by atoms with Gasteiger partial charge in [-0.2, -0.15) is 4.31 Å². The zero-order valence-electron chi connectivity index (χ0n) is 16.7. The van der Waals surface area contributed by atoms with Crippen molar-refractivity contribution < 1.29 is 17.9 Å². The molecule has 0 radical (unpaired) electrons. The summed E-state index contributed by atoms with van der Waals surface area (Å²) < 4.78 is 33.5. The summed E-state index contributed by atoms with van der Waals surface area (Å²) in [5, 5.41) is 0. The number of rotatable bonds is 4. The third-order valence-electron chi connectivity index (χ3n) is 5.95. The summed E-state index contributed by atoms with van der Waals surface area (Å²) in [6.45, 7) is 7.82. The first kappa shape index (κ1) is 20.1. The van der Waals surface area contributed by atoms with E-state index < -0.39 is 16.1 Å². The topological polar surface area (TPSA) is 66.9 Å². The summed E-state index contributed by atoms with van der Waals surface area (Å²) in [6.07, 6.45) is 3.25. The Labute approximate surface area is 162 Å². The van der Waals surface area contributed by atoms with Gasteiger partial charge in [0.15, 0.2) is 0 Å². The first-order valence-electron chi connectivity index (χ1n) is 9.71. The van der Waals surface area contributed by atoms with Crippen LogP contribution in [0.2, 0.25) is 0 Å². The van der Waals surface area contributed by atoms with E-state index in [0.717, 1.165) is 37.1 Å². The molecule has 0 N–H and O–H groups in total. The lowest BCUT2D eigenvalue weighted by Crippen LogP contribution is -2.49. The van der Waals surface area contributed by atoms with E-state index in [0.29, 0.717) is 31.1 Å². The van der Waals surface area contributed by atoms with Crippen molar-refractivity contribution in [2.24, 2.45) is 5.92 Å². The van der Waals surface area contributed by atoms with Crippen molar-refractivity contribution in [3.8, 4) is 5.75 Å². The first-order valence-corrected chi connectivity index (χ1v) is 11.2. The molecule has 0 bridgehead atoms. The van der Waals surface area contributed by atoms with Crippen LogP contribution in [0.15, 0.2) is 17.0 Å². The average molecular weight is 395 g/mol. The smallest absolute Gasteiger partial charge is 0.247 e. The SMILES string of the molecule is COc1cc(C)c(C)cc1S(=O)(=O)N1CCC[C@H]1C(=O)N1CCC(C)CC1. The predicted molar refractivity (Wildman–Crippen MR) is 104 cm³/mol. The second-order valence-corrected chi connectivity index (χ2v) is 9.73. The molecule has 2 fully saturated rings. The fraction of sp³-hybridized carbons (Fsp3) is 0.650. The minimum absolute atomic E-state index is 0.0502. The highest BCUT2D eigenvalue weighted by atomic mass is 32.2. The summed E-state index contributed by atoms with van der Waals surface area (Å²) in [6, 6.07) is 2.81. The molecule has 6 nitrogen and oxygen atoms in total. The quantitative estimate of drug-likeness (QED) is 0.788. The Balaban J connectivity index is 1.90. The van der Waals surface area contributed by atoms with E-state index in [2.05, 4.69) is 6.92 Å². The molecule has 0 spiro atoms. The molecule has 1 atom stereocenters.